The maximum absolute atomic E-state index is 5.05. The van der Waals surface area contributed by atoms with Crippen molar-refractivity contribution in [1.29, 1.82) is 0 Å². The largest absolute Gasteiger partial charge is 0.317 e. The molecule has 0 bridgehead atoms. The summed E-state index contributed by atoms with van der Waals surface area (Å²) < 4.78 is 4.66. The smallest absolute Gasteiger partial charge is 0.160 e. The van der Waals surface area contributed by atoms with Crippen LogP contribution in [0.4, 0.5) is 0 Å². The molecule has 0 saturated heterocycles. The van der Waals surface area contributed by atoms with Crippen LogP contribution in [0, 0.1) is 0 Å². The molecule has 5 heterocycles. The van der Waals surface area contributed by atoms with Crippen LogP contribution in [-0.2, 0) is 0 Å². The summed E-state index contributed by atoms with van der Waals surface area (Å²) in [4.78, 5) is 19.3. The van der Waals surface area contributed by atoms with Gasteiger partial charge in [-0.25, -0.2) is 9.97 Å². The van der Waals surface area contributed by atoms with Gasteiger partial charge in [-0.2, -0.15) is 0 Å². The fourth-order valence-corrected chi connectivity index (χ4v) is 7.15. The van der Waals surface area contributed by atoms with Gasteiger partial charge in [0.05, 0.1) is 39.3 Å². The zero-order valence-corrected chi connectivity index (χ0v) is 31.4. The number of pyridine rings is 2. The number of rotatable bonds is 5. The van der Waals surface area contributed by atoms with Crippen molar-refractivity contribution in [1.82, 2.24) is 29.1 Å². The minimum absolute atomic E-state index is 0.615. The van der Waals surface area contributed by atoms with Crippen molar-refractivity contribution in [3.63, 3.8) is 0 Å². The van der Waals surface area contributed by atoms with Gasteiger partial charge >= 0.3 is 0 Å². The molecule has 0 unspecified atom stereocenters. The van der Waals surface area contributed by atoms with Crippen molar-refractivity contribution in [3.05, 3.63) is 196 Å². The molecule has 56 heavy (non-hydrogen) atoms. The molecule has 5 aromatic carbocycles. The molecular formula is C50H40N6. The van der Waals surface area contributed by atoms with E-state index in [9.17, 15) is 0 Å². The van der Waals surface area contributed by atoms with E-state index in [0.717, 1.165) is 45.2 Å². The predicted molar refractivity (Wildman–Crippen MR) is 234 cm³/mol. The van der Waals surface area contributed by atoms with Gasteiger partial charge in [-0.15, -0.1) is 13.2 Å². The van der Waals surface area contributed by atoms with E-state index in [-0.39, 0.29) is 0 Å². The highest BCUT2D eigenvalue weighted by molar-refractivity contribution is 6.20. The number of para-hydroxylation sites is 2. The van der Waals surface area contributed by atoms with Crippen molar-refractivity contribution in [2.45, 2.75) is 13.8 Å². The molecule has 0 aliphatic carbocycles. The van der Waals surface area contributed by atoms with E-state index in [2.05, 4.69) is 148 Å². The van der Waals surface area contributed by atoms with Gasteiger partial charge in [-0.3, -0.25) is 9.97 Å². The third-order valence-corrected chi connectivity index (χ3v) is 9.44. The number of hydrogen-bond acceptors (Lipinski definition) is 4. The Balaban J connectivity index is 0.000000694. The lowest BCUT2D eigenvalue weighted by atomic mass is 10.0. The molecule has 0 saturated carbocycles. The van der Waals surface area contributed by atoms with Gasteiger partial charge in [-0.1, -0.05) is 84.9 Å². The summed E-state index contributed by atoms with van der Waals surface area (Å²) >= 11 is 0. The minimum atomic E-state index is 0.615. The molecule has 0 amide bonds. The first-order valence-electron chi connectivity index (χ1n) is 18.6. The monoisotopic (exact) mass is 724 g/mol. The second-order valence-corrected chi connectivity index (χ2v) is 13.2. The van der Waals surface area contributed by atoms with E-state index in [1.165, 1.54) is 38.0 Å². The Morgan fingerprint density at radius 1 is 0.482 bits per heavy atom. The van der Waals surface area contributed by atoms with Crippen molar-refractivity contribution in [3.8, 4) is 45.5 Å². The molecule has 10 aromatic rings. The number of benzene rings is 5. The van der Waals surface area contributed by atoms with E-state index in [1.807, 2.05) is 56.3 Å². The fourth-order valence-electron chi connectivity index (χ4n) is 7.15. The number of nitrogens with zero attached hydrogens (tertiary/aromatic N) is 6. The van der Waals surface area contributed by atoms with E-state index >= 15 is 0 Å². The van der Waals surface area contributed by atoms with Gasteiger partial charge in [0.2, 0.25) is 0 Å². The Morgan fingerprint density at radius 2 is 1.12 bits per heavy atom. The van der Waals surface area contributed by atoms with Crippen LogP contribution in [0.5, 0.6) is 0 Å². The Labute approximate surface area is 326 Å². The van der Waals surface area contributed by atoms with Crippen LogP contribution in [-0.4, -0.2) is 29.1 Å². The summed E-state index contributed by atoms with van der Waals surface area (Å²) in [5, 5.41) is 6.01. The first-order chi connectivity index (χ1) is 27.6. The lowest BCUT2D eigenvalue weighted by Crippen LogP contribution is -1.99. The SMILES string of the molecule is C=CC.C=CC.c1ccc(-n2ccc3cc4ccc5c6ccccc6n(-c6cccc(-c7nc(-c8ccccn8)cc(-c8ccccn8)n7)c6)c5c4cc32)cc1. The number of fused-ring (bicyclic) bond motifs is 6. The van der Waals surface area contributed by atoms with E-state index in [1.54, 1.807) is 24.5 Å². The summed E-state index contributed by atoms with van der Waals surface area (Å²) in [6.45, 7) is 10.5. The number of allylic oxidation sites excluding steroid dienone is 2. The molecule has 0 aliphatic heterocycles. The zero-order chi connectivity index (χ0) is 38.4. The molecule has 6 heteroatoms. The van der Waals surface area contributed by atoms with Gasteiger partial charge in [0.1, 0.15) is 0 Å². The average Bonchev–Trinajstić information content (AvgIpc) is 3.83. The van der Waals surface area contributed by atoms with Crippen LogP contribution in [0.3, 0.4) is 0 Å². The van der Waals surface area contributed by atoms with Crippen molar-refractivity contribution < 1.29 is 0 Å². The maximum Gasteiger partial charge on any atom is 0.160 e. The van der Waals surface area contributed by atoms with Crippen LogP contribution in [0.25, 0.3) is 89.0 Å². The van der Waals surface area contributed by atoms with Crippen LogP contribution in [0.2, 0.25) is 0 Å². The Hall–Kier alpha value is -7.44. The molecule has 0 N–H and O–H groups in total. The topological polar surface area (TPSA) is 61.4 Å². The Kier molecular flexibility index (Phi) is 10.1. The van der Waals surface area contributed by atoms with E-state index in [4.69, 9.17) is 9.97 Å². The molecule has 0 radical (unpaired) electrons. The van der Waals surface area contributed by atoms with Gasteiger partial charge in [-0.05, 0) is 98.1 Å². The summed E-state index contributed by atoms with van der Waals surface area (Å²) in [7, 11) is 0. The zero-order valence-electron chi connectivity index (χ0n) is 31.4. The number of aromatic nitrogens is 6. The summed E-state index contributed by atoms with van der Waals surface area (Å²) in [6.07, 6.45) is 9.23. The third-order valence-electron chi connectivity index (χ3n) is 9.44. The summed E-state index contributed by atoms with van der Waals surface area (Å²) in [6, 6.07) is 52.7. The summed E-state index contributed by atoms with van der Waals surface area (Å²) in [5.41, 5.74) is 9.61. The van der Waals surface area contributed by atoms with Crippen molar-refractivity contribution >= 4 is 43.5 Å². The second kappa shape index (κ2) is 15.9. The van der Waals surface area contributed by atoms with Gasteiger partial charge in [0, 0.05) is 57.1 Å². The normalized spacial score (nSPS) is 10.8. The lowest BCUT2D eigenvalue weighted by Gasteiger charge is -2.13. The van der Waals surface area contributed by atoms with Crippen LogP contribution >= 0.6 is 0 Å². The minimum Gasteiger partial charge on any atom is -0.317 e. The van der Waals surface area contributed by atoms with Crippen LogP contribution in [0.15, 0.2) is 196 Å². The molecule has 0 atom stereocenters. The average molecular weight is 725 g/mol. The molecule has 0 fully saturated rings. The predicted octanol–water partition coefficient (Wildman–Crippen LogP) is 12.8. The van der Waals surface area contributed by atoms with Crippen molar-refractivity contribution in [2.24, 2.45) is 0 Å². The molecule has 6 nitrogen and oxygen atoms in total. The molecule has 0 aliphatic rings. The fraction of sp³-hybridized carbons (Fsp3) is 0.0400. The lowest BCUT2D eigenvalue weighted by molar-refractivity contribution is 1.13. The molecular weight excluding hydrogens is 685 g/mol. The number of hydrogen-bond donors (Lipinski definition) is 0. The third kappa shape index (κ3) is 6.76. The van der Waals surface area contributed by atoms with E-state index in [0.29, 0.717) is 5.82 Å². The van der Waals surface area contributed by atoms with Gasteiger partial charge < -0.3 is 9.13 Å². The van der Waals surface area contributed by atoms with Gasteiger partial charge in [0.25, 0.3) is 0 Å². The Bertz CT molecular complexity index is 2900. The highest BCUT2D eigenvalue weighted by Gasteiger charge is 2.18. The van der Waals surface area contributed by atoms with Gasteiger partial charge in [0.15, 0.2) is 5.82 Å². The highest BCUT2D eigenvalue weighted by Crippen LogP contribution is 2.39. The van der Waals surface area contributed by atoms with Crippen LogP contribution < -0.4 is 0 Å². The Morgan fingerprint density at radius 3 is 1.80 bits per heavy atom. The molecule has 10 rings (SSSR count). The maximum atomic E-state index is 5.05. The highest BCUT2D eigenvalue weighted by atomic mass is 15.0. The summed E-state index contributed by atoms with van der Waals surface area (Å²) in [5.74, 6) is 0.615. The molecule has 270 valence electrons. The first kappa shape index (κ1) is 35.6. The van der Waals surface area contributed by atoms with Crippen LogP contribution in [0.1, 0.15) is 13.8 Å². The standard InChI is InChI=1S/C44H28N6.2C3H6/c1-2-12-32(13-3-1)49-24-21-30-25-29-19-20-35-34-15-4-5-18-41(34)50(43(35)36(29)27-42(30)49)33-14-10-11-31(26-33)44-47-39(37-16-6-8-22-45-37)28-40(48-44)38-17-7-9-23-46-38;2*1-3-2/h1-28H;2*3H,1H2,2H3. The molecule has 0 spiro atoms. The second-order valence-electron chi connectivity index (χ2n) is 13.2. The molecule has 5 aromatic heterocycles. The first-order valence-corrected chi connectivity index (χ1v) is 18.6. The van der Waals surface area contributed by atoms with Crippen molar-refractivity contribution in [2.75, 3.05) is 0 Å². The quantitative estimate of drug-likeness (QED) is 0.166. The van der Waals surface area contributed by atoms with E-state index < -0.39 is 0 Å².